The van der Waals surface area contributed by atoms with Gasteiger partial charge in [0, 0.05) is 23.5 Å². The minimum Gasteiger partial charge on any atom is -0.399 e. The van der Waals surface area contributed by atoms with Crippen LogP contribution in [0.5, 0.6) is 0 Å². The molecule has 0 unspecified atom stereocenters. The Morgan fingerprint density at radius 3 is 2.65 bits per heavy atom. The van der Waals surface area contributed by atoms with E-state index in [-0.39, 0.29) is 11.7 Å². The number of hydrogen-bond donors (Lipinski definition) is 2. The van der Waals surface area contributed by atoms with Gasteiger partial charge in [0.25, 0.3) is 6.43 Å². The molecule has 0 saturated carbocycles. The molecule has 96 valence electrons. The van der Waals surface area contributed by atoms with Gasteiger partial charge in [-0.1, -0.05) is 0 Å². The maximum Gasteiger partial charge on any atom is 0.265 e. The highest BCUT2D eigenvalue weighted by Gasteiger charge is 2.12. The Morgan fingerprint density at radius 2 is 2.06 bits per heavy atom. The summed E-state index contributed by atoms with van der Waals surface area (Å²) in [6.07, 6.45) is -2.40. The number of nitrogen functional groups attached to an aromatic ring is 1. The zero-order valence-electron chi connectivity index (χ0n) is 10.0. The summed E-state index contributed by atoms with van der Waals surface area (Å²) in [6, 6.07) is 4.44. The molecule has 1 aromatic carbocycles. The molecular weight excluding hydrogens is 226 g/mol. The lowest BCUT2D eigenvalue weighted by Gasteiger charge is -2.13. The summed E-state index contributed by atoms with van der Waals surface area (Å²) in [5, 5.41) is 2.92. The molecular formula is C12H18F2N2O. The van der Waals surface area contributed by atoms with E-state index in [1.54, 1.807) is 12.1 Å². The van der Waals surface area contributed by atoms with Crippen LogP contribution < -0.4 is 11.1 Å². The van der Waals surface area contributed by atoms with Crippen LogP contribution in [0.25, 0.3) is 0 Å². The number of halogens is 2. The van der Waals surface area contributed by atoms with E-state index in [9.17, 15) is 8.78 Å². The van der Waals surface area contributed by atoms with Crippen molar-refractivity contribution in [2.45, 2.75) is 26.4 Å². The summed E-state index contributed by atoms with van der Waals surface area (Å²) < 4.78 is 30.7. The fraction of sp³-hybridized carbons (Fsp3) is 0.500. The van der Waals surface area contributed by atoms with Crippen molar-refractivity contribution >= 4 is 11.4 Å². The number of ether oxygens (including phenoxy) is 1. The first-order chi connectivity index (χ1) is 8.00. The summed E-state index contributed by atoms with van der Waals surface area (Å²) >= 11 is 0. The predicted molar refractivity (Wildman–Crippen MR) is 65.4 cm³/mol. The first-order valence-electron chi connectivity index (χ1n) is 5.53. The average molecular weight is 244 g/mol. The zero-order chi connectivity index (χ0) is 12.8. The molecule has 3 N–H and O–H groups in total. The third-order valence-electron chi connectivity index (χ3n) is 2.18. The second-order valence-corrected chi connectivity index (χ2v) is 3.99. The van der Waals surface area contributed by atoms with Crippen molar-refractivity contribution in [2.75, 3.05) is 24.2 Å². The van der Waals surface area contributed by atoms with Crippen molar-refractivity contribution in [3.8, 4) is 0 Å². The average Bonchev–Trinajstić information content (AvgIpc) is 2.25. The molecule has 0 atom stereocenters. The van der Waals surface area contributed by atoms with Crippen LogP contribution >= 0.6 is 0 Å². The third kappa shape index (κ3) is 4.56. The molecule has 5 heteroatoms. The largest absolute Gasteiger partial charge is 0.399 e. The Hall–Kier alpha value is -1.36. The normalized spacial score (nSPS) is 11.2. The summed E-state index contributed by atoms with van der Waals surface area (Å²) in [7, 11) is 0. The highest BCUT2D eigenvalue weighted by Crippen LogP contribution is 2.28. The zero-order valence-corrected chi connectivity index (χ0v) is 10.0. The van der Waals surface area contributed by atoms with E-state index in [1.807, 2.05) is 13.8 Å². The van der Waals surface area contributed by atoms with Gasteiger partial charge in [0.05, 0.1) is 12.7 Å². The highest BCUT2D eigenvalue weighted by molar-refractivity contribution is 5.58. The molecule has 1 rings (SSSR count). The van der Waals surface area contributed by atoms with Crippen molar-refractivity contribution in [1.29, 1.82) is 0 Å². The molecule has 0 amide bonds. The van der Waals surface area contributed by atoms with Crippen molar-refractivity contribution < 1.29 is 13.5 Å². The van der Waals surface area contributed by atoms with E-state index in [0.717, 1.165) is 0 Å². The molecule has 0 bridgehead atoms. The molecule has 0 heterocycles. The van der Waals surface area contributed by atoms with Crippen molar-refractivity contribution in [3.63, 3.8) is 0 Å². The van der Waals surface area contributed by atoms with Crippen molar-refractivity contribution in [1.82, 2.24) is 0 Å². The van der Waals surface area contributed by atoms with Crippen LogP contribution in [0, 0.1) is 0 Å². The highest BCUT2D eigenvalue weighted by atomic mass is 19.3. The molecule has 1 aromatic rings. The number of anilines is 2. The molecule has 0 spiro atoms. The van der Waals surface area contributed by atoms with E-state index in [4.69, 9.17) is 10.5 Å². The van der Waals surface area contributed by atoms with Crippen LogP contribution in [-0.4, -0.2) is 19.3 Å². The smallest absolute Gasteiger partial charge is 0.265 e. The van der Waals surface area contributed by atoms with Gasteiger partial charge in [0.1, 0.15) is 0 Å². The topological polar surface area (TPSA) is 47.3 Å². The molecule has 3 nitrogen and oxygen atoms in total. The van der Waals surface area contributed by atoms with Crippen LogP contribution in [0.2, 0.25) is 0 Å². The first-order valence-corrected chi connectivity index (χ1v) is 5.53. The summed E-state index contributed by atoms with van der Waals surface area (Å²) in [6.45, 7) is 4.81. The second kappa shape index (κ2) is 6.39. The van der Waals surface area contributed by atoms with Gasteiger partial charge in [-0.2, -0.15) is 0 Å². The third-order valence-corrected chi connectivity index (χ3v) is 2.18. The lowest BCUT2D eigenvalue weighted by atomic mass is 10.1. The summed E-state index contributed by atoms with van der Waals surface area (Å²) in [4.78, 5) is 0. The maximum absolute atomic E-state index is 12.7. The molecule has 0 aliphatic heterocycles. The fourth-order valence-electron chi connectivity index (χ4n) is 1.40. The van der Waals surface area contributed by atoms with Gasteiger partial charge >= 0.3 is 0 Å². The Balaban J connectivity index is 2.58. The van der Waals surface area contributed by atoms with Crippen LogP contribution in [-0.2, 0) is 4.74 Å². The Kier molecular flexibility index (Phi) is 5.15. The molecule has 0 aliphatic rings. The summed E-state index contributed by atoms with van der Waals surface area (Å²) in [5.41, 5.74) is 6.14. The Morgan fingerprint density at radius 1 is 1.35 bits per heavy atom. The van der Waals surface area contributed by atoms with Crippen LogP contribution in [0.15, 0.2) is 18.2 Å². The van der Waals surface area contributed by atoms with Gasteiger partial charge in [-0.3, -0.25) is 0 Å². The molecule has 0 radical (unpaired) electrons. The number of alkyl halides is 2. The maximum atomic E-state index is 12.7. The standard InChI is InChI=1S/C12H18F2N2O/c1-8(2)17-6-5-16-11-4-3-9(15)7-10(11)12(13)14/h3-4,7-8,12,16H,5-6,15H2,1-2H3. The Bertz CT molecular complexity index is 356. The minimum atomic E-state index is -2.54. The lowest BCUT2D eigenvalue weighted by molar-refractivity contribution is 0.0869. The first kappa shape index (κ1) is 13.7. The van der Waals surface area contributed by atoms with Crippen LogP contribution in [0.3, 0.4) is 0 Å². The molecule has 0 aliphatic carbocycles. The molecule has 17 heavy (non-hydrogen) atoms. The van der Waals surface area contributed by atoms with E-state index in [0.29, 0.717) is 24.5 Å². The lowest BCUT2D eigenvalue weighted by Crippen LogP contribution is -2.14. The van der Waals surface area contributed by atoms with E-state index >= 15 is 0 Å². The van der Waals surface area contributed by atoms with E-state index in [1.165, 1.54) is 6.07 Å². The van der Waals surface area contributed by atoms with Gasteiger partial charge in [0.2, 0.25) is 0 Å². The molecule has 0 aromatic heterocycles. The van der Waals surface area contributed by atoms with Gasteiger partial charge in [-0.15, -0.1) is 0 Å². The number of nitrogens with two attached hydrogens (primary N) is 1. The minimum absolute atomic E-state index is 0.0745. The van der Waals surface area contributed by atoms with Gasteiger partial charge in [0.15, 0.2) is 0 Å². The van der Waals surface area contributed by atoms with Crippen LogP contribution in [0.1, 0.15) is 25.8 Å². The quantitative estimate of drug-likeness (QED) is 0.597. The molecule has 0 saturated heterocycles. The summed E-state index contributed by atoms with van der Waals surface area (Å²) in [5.74, 6) is 0. The van der Waals surface area contributed by atoms with E-state index < -0.39 is 6.43 Å². The molecule has 0 fully saturated rings. The van der Waals surface area contributed by atoms with Crippen molar-refractivity contribution in [3.05, 3.63) is 23.8 Å². The second-order valence-electron chi connectivity index (χ2n) is 3.99. The number of benzene rings is 1. The van der Waals surface area contributed by atoms with Crippen molar-refractivity contribution in [2.24, 2.45) is 0 Å². The fourth-order valence-corrected chi connectivity index (χ4v) is 1.40. The van der Waals surface area contributed by atoms with E-state index in [2.05, 4.69) is 5.32 Å². The number of rotatable bonds is 6. The van der Waals surface area contributed by atoms with Crippen LogP contribution in [0.4, 0.5) is 20.2 Å². The van der Waals surface area contributed by atoms with Gasteiger partial charge < -0.3 is 15.8 Å². The predicted octanol–water partition coefficient (Wildman–Crippen LogP) is 3.04. The Labute approximate surface area is 100.0 Å². The van der Waals surface area contributed by atoms with Gasteiger partial charge in [-0.05, 0) is 32.0 Å². The SMILES string of the molecule is CC(C)OCCNc1ccc(N)cc1C(F)F. The van der Waals surface area contributed by atoms with Gasteiger partial charge in [-0.25, -0.2) is 8.78 Å². The number of hydrogen-bond acceptors (Lipinski definition) is 3. The monoisotopic (exact) mass is 244 g/mol. The number of nitrogens with one attached hydrogen (secondary N) is 1.